The smallest absolute Gasteiger partial charge is 0.329 e. The van der Waals surface area contributed by atoms with E-state index in [4.69, 9.17) is 33.7 Å². The Morgan fingerprint density at radius 3 is 2.06 bits per heavy atom. The van der Waals surface area contributed by atoms with Crippen molar-refractivity contribution >= 4 is 58.7 Å². The van der Waals surface area contributed by atoms with Crippen LogP contribution in [-0.4, -0.2) is 81.1 Å². The number of fused-ring (bicyclic) bond motifs is 2. The highest BCUT2D eigenvalue weighted by Crippen LogP contribution is 2.65. The fraction of sp³-hybridized carbons (Fsp3) is 0.667. The summed E-state index contributed by atoms with van der Waals surface area (Å²) in [5.74, 6) is -5.12. The maximum atomic E-state index is 14.7. The number of rotatable bonds is 11. The van der Waals surface area contributed by atoms with Gasteiger partial charge in [-0.2, -0.15) is 0 Å². The van der Waals surface area contributed by atoms with Crippen LogP contribution in [0.2, 0.25) is 0 Å². The number of piperidine rings is 1. The van der Waals surface area contributed by atoms with Crippen molar-refractivity contribution in [2.45, 2.75) is 114 Å². The van der Waals surface area contributed by atoms with Crippen LogP contribution in [0.3, 0.4) is 0 Å². The molecule has 3 aliphatic carbocycles. The van der Waals surface area contributed by atoms with E-state index in [1.807, 2.05) is 24.3 Å². The molecule has 0 radical (unpaired) electrons. The predicted molar refractivity (Wildman–Crippen MR) is 187 cm³/mol. The first kappa shape index (κ1) is 37.9. The van der Waals surface area contributed by atoms with E-state index in [9.17, 15) is 28.8 Å². The molecule has 0 bridgehead atoms. The highest BCUT2D eigenvalue weighted by molar-refractivity contribution is 6.51. The molecule has 274 valence electrons. The average molecular weight is 735 g/mol. The van der Waals surface area contributed by atoms with E-state index >= 15 is 0 Å². The molecule has 1 aliphatic heterocycles. The SMILES string of the molecule is CC(C)(C)OC(=O)[C@@H](NC(=O)N[C@H](C(=O)N1C[C@H]2[C@@H]([C@H]1C(=O)NC(CC1CCC1)C(=O)C(N)=O)C2(Cl)Cl)C1Cc2ccccc2C1)C(C)(C)C. The van der Waals surface area contributed by atoms with Crippen LogP contribution in [0.15, 0.2) is 24.3 Å². The topological polar surface area (TPSA) is 177 Å². The van der Waals surface area contributed by atoms with Crippen molar-refractivity contribution in [2.24, 2.45) is 34.8 Å². The lowest BCUT2D eigenvalue weighted by molar-refractivity contribution is -0.160. The minimum Gasteiger partial charge on any atom is -0.458 e. The summed E-state index contributed by atoms with van der Waals surface area (Å²) in [4.78, 5) is 81.7. The second-order valence-corrected chi connectivity index (χ2v) is 17.9. The molecule has 0 spiro atoms. The third-order valence-corrected chi connectivity index (χ3v) is 11.5. The van der Waals surface area contributed by atoms with E-state index < -0.39 is 86.9 Å². The van der Waals surface area contributed by atoms with Gasteiger partial charge in [0.1, 0.15) is 28.1 Å². The van der Waals surface area contributed by atoms with Gasteiger partial charge >= 0.3 is 12.0 Å². The molecule has 1 unspecified atom stereocenters. The molecule has 3 fully saturated rings. The largest absolute Gasteiger partial charge is 0.458 e. The first-order valence-corrected chi connectivity index (χ1v) is 18.1. The molecule has 5 N–H and O–H groups in total. The second-order valence-electron chi connectivity index (χ2n) is 16.4. The fourth-order valence-corrected chi connectivity index (χ4v) is 8.37. The highest BCUT2D eigenvalue weighted by Gasteiger charge is 2.74. The number of alkyl halides is 2. The molecule has 1 aromatic carbocycles. The zero-order valence-electron chi connectivity index (χ0n) is 29.5. The number of likely N-dealkylation sites (tertiary alicyclic amines) is 1. The number of halogens is 2. The molecule has 1 heterocycles. The van der Waals surface area contributed by atoms with Gasteiger partial charge in [0.25, 0.3) is 5.91 Å². The Bertz CT molecular complexity index is 1520. The maximum absolute atomic E-state index is 14.7. The van der Waals surface area contributed by atoms with Crippen LogP contribution in [-0.2, 0) is 41.6 Å². The molecular weight excluding hydrogens is 685 g/mol. The van der Waals surface area contributed by atoms with Crippen molar-refractivity contribution in [3.63, 3.8) is 0 Å². The van der Waals surface area contributed by atoms with Crippen molar-refractivity contribution in [1.29, 1.82) is 0 Å². The molecule has 0 aromatic heterocycles. The van der Waals surface area contributed by atoms with Gasteiger partial charge in [-0.15, -0.1) is 23.2 Å². The van der Waals surface area contributed by atoms with Crippen LogP contribution in [0.4, 0.5) is 4.79 Å². The number of nitrogens with zero attached hydrogens (tertiary/aromatic N) is 1. The number of ether oxygens (including phenoxy) is 1. The van der Waals surface area contributed by atoms with Gasteiger partial charge in [0.2, 0.25) is 17.6 Å². The molecular formula is C36H49Cl2N5O7. The number of benzene rings is 1. The third kappa shape index (κ3) is 8.06. The van der Waals surface area contributed by atoms with Crippen LogP contribution in [0.1, 0.15) is 78.4 Å². The zero-order chi connectivity index (χ0) is 36.9. The van der Waals surface area contributed by atoms with Gasteiger partial charge in [-0.3, -0.25) is 19.2 Å². The van der Waals surface area contributed by atoms with Gasteiger partial charge in [0, 0.05) is 18.4 Å². The standard InChI is InChI=1S/C36H49Cl2N5O7/c1-34(2,3)28(32(48)50-35(4,5)6)42-33(49)41-25(21-15-19-12-7-8-13-20(19)16-21)31(47)43-17-22-24(36(22,37)38)26(43)30(46)40-23(27(44)29(39)45)14-18-10-9-11-18/h7-8,12-13,18,21-26,28H,9-11,14-17H2,1-6H3,(H2,39,45)(H,40,46)(H2,41,42,49)/t22-,23?,24-,25-,26-,28+/m0/s1. The lowest BCUT2D eigenvalue weighted by atomic mass is 9.80. The van der Waals surface area contributed by atoms with E-state index in [1.165, 1.54) is 4.90 Å². The Balaban J connectivity index is 1.41. The summed E-state index contributed by atoms with van der Waals surface area (Å²) in [5.41, 5.74) is 5.90. The van der Waals surface area contributed by atoms with Gasteiger partial charge in [0.15, 0.2) is 0 Å². The molecule has 1 saturated heterocycles. The Hall–Kier alpha value is -3.38. The number of Topliss-reactive ketones (excluding diaryl/α,β-unsaturated/α-hetero) is 1. The normalized spacial score (nSPS) is 24.5. The van der Waals surface area contributed by atoms with E-state index in [0.29, 0.717) is 12.8 Å². The van der Waals surface area contributed by atoms with Gasteiger partial charge in [-0.25, -0.2) is 9.59 Å². The summed E-state index contributed by atoms with van der Waals surface area (Å²) in [6.45, 7) is 10.6. The Morgan fingerprint density at radius 1 is 0.960 bits per heavy atom. The van der Waals surface area contributed by atoms with E-state index in [1.54, 1.807) is 41.5 Å². The van der Waals surface area contributed by atoms with Crippen molar-refractivity contribution in [3.05, 3.63) is 35.4 Å². The summed E-state index contributed by atoms with van der Waals surface area (Å²) in [6.07, 6.45) is 3.97. The number of primary amides is 1. The van der Waals surface area contributed by atoms with Gasteiger partial charge in [-0.1, -0.05) is 64.3 Å². The molecule has 5 rings (SSSR count). The molecule has 5 amide bonds. The number of urea groups is 1. The van der Waals surface area contributed by atoms with Gasteiger partial charge in [-0.05, 0) is 68.4 Å². The Labute approximate surface area is 303 Å². The van der Waals surface area contributed by atoms with Gasteiger partial charge < -0.3 is 31.3 Å². The molecule has 14 heteroatoms. The van der Waals surface area contributed by atoms with E-state index in [0.717, 1.165) is 30.4 Å². The summed E-state index contributed by atoms with van der Waals surface area (Å²) in [5, 5.41) is 8.30. The number of hydrogen-bond acceptors (Lipinski definition) is 7. The van der Waals surface area contributed by atoms with Crippen molar-refractivity contribution in [3.8, 4) is 0 Å². The van der Waals surface area contributed by atoms with E-state index in [2.05, 4.69) is 16.0 Å². The summed E-state index contributed by atoms with van der Waals surface area (Å²) in [7, 11) is 0. The summed E-state index contributed by atoms with van der Waals surface area (Å²) in [6, 6.07) is 2.58. The fourth-order valence-electron chi connectivity index (χ4n) is 7.55. The van der Waals surface area contributed by atoms with Crippen molar-refractivity contribution in [2.75, 3.05) is 6.54 Å². The van der Waals surface area contributed by atoms with Crippen LogP contribution in [0.25, 0.3) is 0 Å². The average Bonchev–Trinajstić information content (AvgIpc) is 3.34. The van der Waals surface area contributed by atoms with Crippen LogP contribution in [0.5, 0.6) is 0 Å². The first-order valence-electron chi connectivity index (χ1n) is 17.4. The molecule has 1 aromatic rings. The predicted octanol–water partition coefficient (Wildman–Crippen LogP) is 3.19. The third-order valence-electron chi connectivity index (χ3n) is 10.4. The van der Waals surface area contributed by atoms with Crippen molar-refractivity contribution in [1.82, 2.24) is 20.9 Å². The zero-order valence-corrected chi connectivity index (χ0v) is 31.0. The number of esters is 1. The lowest BCUT2D eigenvalue weighted by Crippen LogP contribution is -2.62. The highest BCUT2D eigenvalue weighted by atomic mass is 35.5. The molecule has 4 aliphatic rings. The molecule has 50 heavy (non-hydrogen) atoms. The number of ketones is 1. The Kier molecular flexibility index (Phi) is 10.6. The summed E-state index contributed by atoms with van der Waals surface area (Å²) < 4.78 is 4.33. The number of carbonyl (C=O) groups is 6. The first-order chi connectivity index (χ1) is 23.2. The van der Waals surface area contributed by atoms with Gasteiger partial charge in [0.05, 0.1) is 6.04 Å². The number of amides is 5. The number of nitrogens with one attached hydrogen (secondary N) is 3. The second kappa shape index (κ2) is 14.0. The quantitative estimate of drug-likeness (QED) is 0.153. The number of hydrogen-bond donors (Lipinski definition) is 4. The number of carbonyl (C=O) groups excluding carboxylic acids is 6. The Morgan fingerprint density at radius 2 is 1.56 bits per heavy atom. The van der Waals surface area contributed by atoms with E-state index in [-0.39, 0.29) is 24.8 Å². The molecule has 12 nitrogen and oxygen atoms in total. The number of nitrogens with two attached hydrogens (primary N) is 1. The minimum atomic E-state index is -1.27. The van der Waals surface area contributed by atoms with Crippen LogP contribution >= 0.6 is 23.2 Å². The maximum Gasteiger partial charge on any atom is 0.329 e. The minimum absolute atomic E-state index is 0.0492. The lowest BCUT2D eigenvalue weighted by Gasteiger charge is -2.36. The molecule has 2 saturated carbocycles. The summed E-state index contributed by atoms with van der Waals surface area (Å²) >= 11 is 13.2. The van der Waals surface area contributed by atoms with Crippen LogP contribution in [0, 0.1) is 29.1 Å². The van der Waals surface area contributed by atoms with Crippen molar-refractivity contribution < 1.29 is 33.5 Å². The van der Waals surface area contributed by atoms with Crippen LogP contribution < -0.4 is 21.7 Å². The monoisotopic (exact) mass is 733 g/mol. The molecule has 6 atom stereocenters.